The Morgan fingerprint density at radius 2 is 0.560 bits per heavy atom. The number of nitrogens with zero attached hydrogens (tertiary/aromatic N) is 4. The smallest absolute Gasteiger partial charge is 0.0634 e. The Morgan fingerprint density at radius 3 is 0.988 bits per heavy atom. The Balaban J connectivity index is 0.895. The highest BCUT2D eigenvalue weighted by Crippen LogP contribution is 2.55. The third-order valence-corrected chi connectivity index (χ3v) is 20.2. The number of rotatable bonds is 8. The molecule has 0 aliphatic heterocycles. The number of aromatic nitrogens is 2. The van der Waals surface area contributed by atoms with Crippen LogP contribution in [0.25, 0.3) is 139 Å². The minimum atomic E-state index is 1.12. The first-order chi connectivity index (χ1) is 41.7. The first kappa shape index (κ1) is 46.1. The largest absolute Gasteiger partial charge is 0.310 e. The van der Waals surface area contributed by atoms with Gasteiger partial charge in [0, 0.05) is 129 Å². The number of benzene rings is 13. The summed E-state index contributed by atoms with van der Waals surface area (Å²) in [7, 11) is 0. The van der Waals surface area contributed by atoms with Gasteiger partial charge in [0.25, 0.3) is 0 Å². The monoisotopic (exact) mass is 1100 g/mol. The fraction of sp³-hybridized carbons (Fsp3) is 0. The van der Waals surface area contributed by atoms with Crippen molar-refractivity contribution in [2.24, 2.45) is 0 Å². The average molecular weight is 1100 g/mol. The van der Waals surface area contributed by atoms with E-state index < -0.39 is 0 Å². The minimum absolute atomic E-state index is 1.12. The van der Waals surface area contributed by atoms with E-state index in [1.165, 1.54) is 139 Å². The molecule has 390 valence electrons. The van der Waals surface area contributed by atoms with Gasteiger partial charge in [-0.3, -0.25) is 0 Å². The molecule has 0 spiro atoms. The van der Waals surface area contributed by atoms with E-state index in [9.17, 15) is 0 Å². The predicted octanol–water partition coefficient (Wildman–Crippen LogP) is 23.0. The minimum Gasteiger partial charge on any atom is -0.310 e. The van der Waals surface area contributed by atoms with Gasteiger partial charge in [0.1, 0.15) is 0 Å². The number of thiophene rings is 2. The Bertz CT molecular complexity index is 5490. The molecule has 6 aromatic heterocycles. The molecule has 0 bridgehead atoms. The maximum absolute atomic E-state index is 2.62. The third-order valence-electron chi connectivity index (χ3n) is 17.9. The van der Waals surface area contributed by atoms with Gasteiger partial charge < -0.3 is 18.6 Å². The number of hydrogen-bond acceptors (Lipinski definition) is 4. The highest BCUT2D eigenvalue weighted by Gasteiger charge is 2.31. The zero-order chi connectivity index (χ0) is 54.7. The third kappa shape index (κ3) is 6.41. The molecule has 0 saturated heterocycles. The van der Waals surface area contributed by atoms with E-state index in [0.717, 1.165) is 34.1 Å². The van der Waals surface area contributed by atoms with Gasteiger partial charge in [0.05, 0.1) is 33.1 Å². The van der Waals surface area contributed by atoms with Gasteiger partial charge in [-0.15, -0.1) is 22.7 Å². The molecule has 4 nitrogen and oxygen atoms in total. The van der Waals surface area contributed by atoms with Crippen molar-refractivity contribution in [3.05, 3.63) is 279 Å². The van der Waals surface area contributed by atoms with Gasteiger partial charge in [0.15, 0.2) is 0 Å². The lowest BCUT2D eigenvalue weighted by Crippen LogP contribution is -2.09. The topological polar surface area (TPSA) is 15.3 Å². The van der Waals surface area contributed by atoms with Gasteiger partial charge >= 0.3 is 0 Å². The van der Waals surface area contributed by atoms with E-state index in [-0.39, 0.29) is 0 Å². The van der Waals surface area contributed by atoms with Gasteiger partial charge in [-0.05, 0) is 120 Å². The average Bonchev–Trinajstić information content (AvgIpc) is 2.86. The highest BCUT2D eigenvalue weighted by molar-refractivity contribution is 7.26. The van der Waals surface area contributed by atoms with Crippen molar-refractivity contribution >= 4 is 173 Å². The fourth-order valence-electron chi connectivity index (χ4n) is 14.5. The van der Waals surface area contributed by atoms with Crippen LogP contribution in [0.15, 0.2) is 279 Å². The Morgan fingerprint density at radius 1 is 0.226 bits per heavy atom. The lowest BCUT2D eigenvalue weighted by atomic mass is 9.89. The molecule has 0 aliphatic carbocycles. The van der Waals surface area contributed by atoms with Gasteiger partial charge in [-0.25, -0.2) is 0 Å². The summed E-state index contributed by atoms with van der Waals surface area (Å²) in [6.45, 7) is 0. The standard InChI is InChI=1S/C78H46N4S2/c1-5-19-47(20-6-1)71-73-59-31-17-29-57-62-44-52(80(50-25-11-4-12-26-50)54-38-42-70-64(46-54)56-28-14-16-34-68(56)84-70)36-40-66(62)82(75(57)59)78(73)72(48-21-7-2-8-22-48)74-60-32-18-30-58-61-43-51(35-39-65(61)81(76(58)60)77(71)74)79(49-23-9-3-10-24-49)53-37-41-69-63(45-53)55-27-13-15-33-67(55)83-69/h1-46H. The Labute approximate surface area is 490 Å². The van der Waals surface area contributed by atoms with Crippen LogP contribution < -0.4 is 9.80 Å². The molecule has 84 heavy (non-hydrogen) atoms. The molecule has 13 aromatic carbocycles. The maximum atomic E-state index is 2.62. The lowest BCUT2D eigenvalue weighted by molar-refractivity contribution is 1.29. The molecule has 19 rings (SSSR count). The second-order valence-electron chi connectivity index (χ2n) is 22.3. The lowest BCUT2D eigenvalue weighted by Gasteiger charge is -2.26. The van der Waals surface area contributed by atoms with Gasteiger partial charge in [-0.2, -0.15) is 0 Å². The van der Waals surface area contributed by atoms with Crippen LogP contribution in [0.2, 0.25) is 0 Å². The molecule has 0 saturated carbocycles. The van der Waals surface area contributed by atoms with Crippen LogP contribution in [0.4, 0.5) is 34.1 Å². The van der Waals surface area contributed by atoms with E-state index in [0.29, 0.717) is 0 Å². The Hall–Kier alpha value is -10.5. The zero-order valence-electron chi connectivity index (χ0n) is 45.2. The summed E-state index contributed by atoms with van der Waals surface area (Å²) < 4.78 is 10.5. The molecule has 0 radical (unpaired) electrons. The van der Waals surface area contributed by atoms with Crippen LogP contribution in [0.3, 0.4) is 0 Å². The van der Waals surface area contributed by atoms with Crippen molar-refractivity contribution in [1.82, 2.24) is 8.80 Å². The summed E-state index contributed by atoms with van der Waals surface area (Å²) in [5.74, 6) is 0. The molecule has 0 aliphatic rings. The van der Waals surface area contributed by atoms with Crippen LogP contribution in [-0.4, -0.2) is 8.80 Å². The van der Waals surface area contributed by atoms with Gasteiger partial charge in [0.2, 0.25) is 0 Å². The molecule has 0 unspecified atom stereocenters. The quantitative estimate of drug-likeness (QED) is 0.151. The highest BCUT2D eigenvalue weighted by atomic mass is 32.1. The van der Waals surface area contributed by atoms with Crippen LogP contribution in [0.1, 0.15) is 0 Å². The second kappa shape index (κ2) is 17.5. The summed E-state index contributed by atoms with van der Waals surface area (Å²) in [5.41, 5.74) is 18.9. The predicted molar refractivity (Wildman–Crippen MR) is 362 cm³/mol. The fourth-order valence-corrected chi connectivity index (χ4v) is 16.7. The van der Waals surface area contributed by atoms with E-state index in [4.69, 9.17) is 0 Å². The Kier molecular flexibility index (Phi) is 9.62. The van der Waals surface area contributed by atoms with Crippen LogP contribution in [0, 0.1) is 0 Å². The summed E-state index contributed by atoms with van der Waals surface area (Å²) in [5, 5.41) is 15.1. The van der Waals surface area contributed by atoms with Gasteiger partial charge in [-0.1, -0.05) is 170 Å². The molecular weight excluding hydrogens is 1060 g/mol. The van der Waals surface area contributed by atoms with Crippen molar-refractivity contribution in [2.75, 3.05) is 9.80 Å². The first-order valence-electron chi connectivity index (χ1n) is 28.7. The number of fused-ring (bicyclic) bond motifs is 18. The van der Waals surface area contributed by atoms with Crippen LogP contribution >= 0.6 is 22.7 Å². The summed E-state index contributed by atoms with van der Waals surface area (Å²) in [6, 6.07) is 104. The molecule has 0 amide bonds. The van der Waals surface area contributed by atoms with Crippen molar-refractivity contribution in [3.63, 3.8) is 0 Å². The SMILES string of the molecule is c1ccc(-c2c3c4cccc5c6cc(N(c7ccccc7)c7ccc8sc9ccccc9c8c7)ccc6n(c3c(-c3ccccc3)c3c6cccc7c8cc(N(c9ccccc9)c9ccc%10sc%11ccccc%11c%10c9)ccc8n(c23)c76)c54)cc1. The summed E-state index contributed by atoms with van der Waals surface area (Å²) >= 11 is 3.72. The molecular formula is C78H46N4S2. The normalized spacial score (nSPS) is 12.3. The molecule has 0 N–H and O–H groups in total. The van der Waals surface area contributed by atoms with E-state index in [2.05, 4.69) is 298 Å². The second-order valence-corrected chi connectivity index (χ2v) is 24.5. The number of para-hydroxylation sites is 4. The first-order valence-corrected chi connectivity index (χ1v) is 30.4. The van der Waals surface area contributed by atoms with E-state index in [1.54, 1.807) is 0 Å². The number of anilines is 6. The summed E-state index contributed by atoms with van der Waals surface area (Å²) in [4.78, 5) is 4.86. The molecule has 0 fully saturated rings. The van der Waals surface area contributed by atoms with E-state index in [1.807, 2.05) is 22.7 Å². The van der Waals surface area contributed by atoms with Crippen LogP contribution in [-0.2, 0) is 0 Å². The molecule has 0 atom stereocenters. The molecule has 6 heteroatoms. The van der Waals surface area contributed by atoms with Crippen molar-refractivity contribution in [1.29, 1.82) is 0 Å². The maximum Gasteiger partial charge on any atom is 0.0634 e. The van der Waals surface area contributed by atoms with E-state index >= 15 is 0 Å². The molecule has 6 heterocycles. The van der Waals surface area contributed by atoms with Crippen molar-refractivity contribution < 1.29 is 0 Å². The zero-order valence-corrected chi connectivity index (χ0v) is 46.8. The molecule has 19 aromatic rings. The summed E-state index contributed by atoms with van der Waals surface area (Å²) in [6.07, 6.45) is 0. The van der Waals surface area contributed by atoms with Crippen molar-refractivity contribution in [2.45, 2.75) is 0 Å². The van der Waals surface area contributed by atoms with Crippen molar-refractivity contribution in [3.8, 4) is 22.3 Å². The van der Waals surface area contributed by atoms with Crippen LogP contribution in [0.5, 0.6) is 0 Å². The number of hydrogen-bond donors (Lipinski definition) is 0.